The molecule has 14 heavy (non-hydrogen) atoms. The van der Waals surface area contributed by atoms with Gasteiger partial charge in [-0.05, 0) is 20.8 Å². The quantitative estimate of drug-likeness (QED) is 0.427. The maximum absolute atomic E-state index is 6.98. The second-order valence-electron chi connectivity index (χ2n) is 4.13. The summed E-state index contributed by atoms with van der Waals surface area (Å²) in [6, 6.07) is 7.43. The normalized spacial score (nSPS) is 9.86. The van der Waals surface area contributed by atoms with E-state index in [0.29, 0.717) is 5.69 Å². The molecule has 1 heteroatoms. The maximum Gasteiger partial charge on any atom is 0.202 e. The summed E-state index contributed by atoms with van der Waals surface area (Å²) in [5.41, 5.74) is 1.43. The summed E-state index contributed by atoms with van der Waals surface area (Å²) < 4.78 is 0. The lowest BCUT2D eigenvalue weighted by Gasteiger charge is -2.06. The summed E-state index contributed by atoms with van der Waals surface area (Å²) in [5.74, 6) is 6.16. The zero-order chi connectivity index (χ0) is 10.6. The fourth-order valence-corrected chi connectivity index (χ4v) is 0.932. The number of hydrogen-bond donors (Lipinski definition) is 0. The molecule has 70 valence electrons. The summed E-state index contributed by atoms with van der Waals surface area (Å²) >= 11 is 0. The maximum atomic E-state index is 6.98. The lowest BCUT2D eigenvalue weighted by atomic mass is 9.97. The van der Waals surface area contributed by atoms with Gasteiger partial charge in [-0.2, -0.15) is 0 Å². The first kappa shape index (κ1) is 10.4. The Hall–Kier alpha value is -1.73. The number of hydrogen-bond acceptors (Lipinski definition) is 0. The molecule has 0 radical (unpaired) electrons. The first-order valence-corrected chi connectivity index (χ1v) is 4.52. The molecule has 1 aromatic rings. The van der Waals surface area contributed by atoms with E-state index >= 15 is 0 Å². The van der Waals surface area contributed by atoms with Gasteiger partial charge in [0, 0.05) is 11.0 Å². The number of nitrogens with zero attached hydrogens (tertiary/aromatic N) is 1. The van der Waals surface area contributed by atoms with Crippen molar-refractivity contribution in [2.75, 3.05) is 0 Å². The molecule has 1 nitrogen and oxygen atoms in total. The Kier molecular flexibility index (Phi) is 2.95. The van der Waals surface area contributed by atoms with Gasteiger partial charge in [-0.1, -0.05) is 36.1 Å². The highest BCUT2D eigenvalue weighted by atomic mass is 14.6. The van der Waals surface area contributed by atoms with Crippen LogP contribution in [0.4, 0.5) is 5.69 Å². The van der Waals surface area contributed by atoms with Crippen molar-refractivity contribution in [2.24, 2.45) is 5.41 Å². The van der Waals surface area contributed by atoms with E-state index < -0.39 is 0 Å². The molecule has 0 aromatic heterocycles. The average molecular weight is 183 g/mol. The largest absolute Gasteiger partial charge is 0.237 e. The fraction of sp³-hybridized carbons (Fsp3) is 0.308. The third-order valence-electron chi connectivity index (χ3n) is 1.60. The topological polar surface area (TPSA) is 4.36 Å². The van der Waals surface area contributed by atoms with Crippen LogP contribution in [0, 0.1) is 23.8 Å². The van der Waals surface area contributed by atoms with Gasteiger partial charge >= 0.3 is 0 Å². The third kappa shape index (κ3) is 2.96. The van der Waals surface area contributed by atoms with Crippen LogP contribution in [0.15, 0.2) is 24.3 Å². The van der Waals surface area contributed by atoms with Crippen LogP contribution in [0.5, 0.6) is 0 Å². The monoisotopic (exact) mass is 183 g/mol. The van der Waals surface area contributed by atoms with Crippen LogP contribution >= 0.6 is 0 Å². The zero-order valence-corrected chi connectivity index (χ0v) is 8.76. The number of para-hydroxylation sites is 1. The minimum absolute atomic E-state index is 0.0187. The molecule has 0 aliphatic carbocycles. The van der Waals surface area contributed by atoms with Crippen molar-refractivity contribution in [1.82, 2.24) is 0 Å². The van der Waals surface area contributed by atoms with Gasteiger partial charge < -0.3 is 0 Å². The van der Waals surface area contributed by atoms with Gasteiger partial charge in [-0.3, -0.25) is 0 Å². The van der Waals surface area contributed by atoms with Crippen LogP contribution in [0.3, 0.4) is 0 Å². The molecule has 0 bridgehead atoms. The smallest absolute Gasteiger partial charge is 0.202 e. The van der Waals surface area contributed by atoms with Crippen molar-refractivity contribution < 1.29 is 0 Å². The first-order chi connectivity index (χ1) is 6.53. The van der Waals surface area contributed by atoms with Crippen molar-refractivity contribution >= 4 is 5.69 Å². The Morgan fingerprint density at radius 3 is 2.43 bits per heavy atom. The highest BCUT2D eigenvalue weighted by Crippen LogP contribution is 2.18. The van der Waals surface area contributed by atoms with Crippen LogP contribution in [-0.2, 0) is 0 Å². The molecule has 0 saturated heterocycles. The first-order valence-electron chi connectivity index (χ1n) is 4.52. The van der Waals surface area contributed by atoms with Gasteiger partial charge in [-0.25, -0.2) is 4.85 Å². The van der Waals surface area contributed by atoms with Gasteiger partial charge in [0.25, 0.3) is 0 Å². The molecule has 0 saturated carbocycles. The van der Waals surface area contributed by atoms with E-state index in [1.807, 2.05) is 18.2 Å². The zero-order valence-electron chi connectivity index (χ0n) is 8.76. The minimum Gasteiger partial charge on any atom is -0.237 e. The summed E-state index contributed by atoms with van der Waals surface area (Å²) in [6.07, 6.45) is 0. The lowest BCUT2D eigenvalue weighted by Crippen LogP contribution is -1.99. The van der Waals surface area contributed by atoms with E-state index in [4.69, 9.17) is 6.57 Å². The molecule has 1 rings (SSSR count). The van der Waals surface area contributed by atoms with Crippen LogP contribution < -0.4 is 0 Å². The van der Waals surface area contributed by atoms with E-state index in [1.165, 1.54) is 0 Å². The summed E-state index contributed by atoms with van der Waals surface area (Å²) in [5, 5.41) is 0. The van der Waals surface area contributed by atoms with Crippen LogP contribution in [0.25, 0.3) is 4.85 Å². The van der Waals surface area contributed by atoms with Crippen molar-refractivity contribution in [3.8, 4) is 11.8 Å². The second kappa shape index (κ2) is 3.99. The molecule has 0 aliphatic rings. The summed E-state index contributed by atoms with van der Waals surface area (Å²) in [4.78, 5) is 3.42. The van der Waals surface area contributed by atoms with Crippen molar-refractivity contribution in [3.63, 3.8) is 0 Å². The molecule has 0 amide bonds. The van der Waals surface area contributed by atoms with Crippen molar-refractivity contribution in [2.45, 2.75) is 20.8 Å². The van der Waals surface area contributed by atoms with Crippen LogP contribution in [0.1, 0.15) is 26.3 Å². The molecule has 0 N–H and O–H groups in total. The summed E-state index contributed by atoms with van der Waals surface area (Å²) in [6.45, 7) is 13.1. The SMILES string of the molecule is [C-]#[N+]c1ccccc1C#CC(C)(C)C. The van der Waals surface area contributed by atoms with Crippen LogP contribution in [0.2, 0.25) is 0 Å². The highest BCUT2D eigenvalue weighted by Gasteiger charge is 2.04. The Morgan fingerprint density at radius 2 is 1.86 bits per heavy atom. The molecule has 0 unspecified atom stereocenters. The van der Waals surface area contributed by atoms with Gasteiger partial charge in [0.05, 0.1) is 6.57 Å². The predicted octanol–water partition coefficient (Wildman–Crippen LogP) is 3.63. The lowest BCUT2D eigenvalue weighted by molar-refractivity contribution is 0.571. The molecule has 0 spiro atoms. The molecule has 0 aliphatic heterocycles. The molecule has 1 aromatic carbocycles. The number of rotatable bonds is 0. The Bertz CT molecular complexity index is 419. The number of benzene rings is 1. The second-order valence-corrected chi connectivity index (χ2v) is 4.13. The molecule has 0 fully saturated rings. The van der Waals surface area contributed by atoms with Gasteiger partial charge in [-0.15, -0.1) is 0 Å². The van der Waals surface area contributed by atoms with Gasteiger partial charge in [0.15, 0.2) is 0 Å². The summed E-state index contributed by atoms with van der Waals surface area (Å²) in [7, 11) is 0. The average Bonchev–Trinajstić information content (AvgIpc) is 2.14. The van der Waals surface area contributed by atoms with E-state index in [-0.39, 0.29) is 5.41 Å². The van der Waals surface area contributed by atoms with E-state index in [9.17, 15) is 0 Å². The standard InChI is InChI=1S/C13H13N/c1-13(2,3)10-9-11-7-5-6-8-12(11)14-4/h5-8H,1-3H3. The van der Waals surface area contributed by atoms with Crippen LogP contribution in [-0.4, -0.2) is 0 Å². The van der Waals surface area contributed by atoms with E-state index in [1.54, 1.807) is 6.07 Å². The molecular weight excluding hydrogens is 170 g/mol. The van der Waals surface area contributed by atoms with E-state index in [2.05, 4.69) is 37.5 Å². The van der Waals surface area contributed by atoms with Crippen molar-refractivity contribution in [3.05, 3.63) is 41.2 Å². The van der Waals surface area contributed by atoms with E-state index in [0.717, 1.165) is 5.56 Å². The Labute approximate surface area is 85.6 Å². The Morgan fingerprint density at radius 1 is 1.21 bits per heavy atom. The van der Waals surface area contributed by atoms with Crippen molar-refractivity contribution in [1.29, 1.82) is 0 Å². The fourth-order valence-electron chi connectivity index (χ4n) is 0.932. The van der Waals surface area contributed by atoms with Gasteiger partial charge in [0.2, 0.25) is 5.69 Å². The minimum atomic E-state index is -0.0187. The van der Waals surface area contributed by atoms with Gasteiger partial charge in [0.1, 0.15) is 0 Å². The molecule has 0 atom stereocenters. The highest BCUT2D eigenvalue weighted by molar-refractivity contribution is 5.59. The third-order valence-corrected chi connectivity index (χ3v) is 1.60. The molecule has 0 heterocycles. The molecular formula is C13H13N. The predicted molar refractivity (Wildman–Crippen MR) is 59.0 cm³/mol. The Balaban J connectivity index is 3.08.